The second-order valence-electron chi connectivity index (χ2n) is 13.5. The van der Waals surface area contributed by atoms with Crippen molar-refractivity contribution in [2.45, 2.75) is 122 Å². The molecule has 1 aromatic heterocycles. The molecular weight excluding hydrogens is 632 g/mol. The van der Waals surface area contributed by atoms with Crippen LogP contribution >= 0.6 is 0 Å². The van der Waals surface area contributed by atoms with Gasteiger partial charge in [0.1, 0.15) is 11.2 Å². The average molecular weight is 681 g/mol. The molecule has 0 unspecified atom stereocenters. The number of ether oxygens (including phenoxy) is 2. The number of carbonyl (C=O) groups is 2. The van der Waals surface area contributed by atoms with Gasteiger partial charge in [0.2, 0.25) is 15.9 Å². The van der Waals surface area contributed by atoms with Crippen LogP contribution in [0.3, 0.4) is 0 Å². The Morgan fingerprint density at radius 3 is 2.23 bits per heavy atom. The van der Waals surface area contributed by atoms with Crippen LogP contribution < -0.4 is 4.72 Å². The van der Waals surface area contributed by atoms with Gasteiger partial charge < -0.3 is 23.8 Å². The lowest BCUT2D eigenvalue weighted by Gasteiger charge is -2.36. The van der Waals surface area contributed by atoms with E-state index < -0.39 is 42.8 Å². The minimum atomic E-state index is -4.22. The van der Waals surface area contributed by atoms with Crippen LogP contribution in [0, 0.1) is 10.1 Å². The Balaban J connectivity index is 1.59. The maximum atomic E-state index is 13.1. The van der Waals surface area contributed by atoms with Gasteiger partial charge in [-0.1, -0.05) is 36.6 Å². The lowest BCUT2D eigenvalue weighted by atomic mass is 9.94. The predicted octanol–water partition coefficient (Wildman–Crippen LogP) is 5.59. The molecule has 1 fully saturated rings. The number of hydrogen-bond acceptors (Lipinski definition) is 11. The van der Waals surface area contributed by atoms with E-state index in [-0.39, 0.29) is 30.4 Å². The second kappa shape index (κ2) is 16.4. The number of nitro groups is 1. The largest absolute Gasteiger partial charge is 0.444 e. The highest BCUT2D eigenvalue weighted by Gasteiger charge is 2.30. The zero-order chi connectivity index (χ0) is 34.8. The molecule has 2 amide bonds. The van der Waals surface area contributed by atoms with Crippen LogP contribution in [-0.4, -0.2) is 82.3 Å². The third-order valence-electron chi connectivity index (χ3n) is 7.22. The number of amides is 2. The summed E-state index contributed by atoms with van der Waals surface area (Å²) >= 11 is 0. The number of rotatable bonds is 14. The molecule has 1 saturated carbocycles. The van der Waals surface area contributed by atoms with Crippen LogP contribution in [0.15, 0.2) is 33.7 Å². The molecule has 0 aliphatic heterocycles. The number of nitrogens with zero attached hydrogens (tertiary/aromatic N) is 5. The smallest absolute Gasteiger partial charge is 0.410 e. The first-order valence-corrected chi connectivity index (χ1v) is 17.5. The number of benzene rings is 1. The summed E-state index contributed by atoms with van der Waals surface area (Å²) in [5.74, 6) is 0.290. The predicted molar refractivity (Wildman–Crippen MR) is 172 cm³/mol. The summed E-state index contributed by atoms with van der Waals surface area (Å²) in [6.07, 6.45) is 5.58. The van der Waals surface area contributed by atoms with E-state index in [1.54, 1.807) is 25.7 Å². The van der Waals surface area contributed by atoms with Gasteiger partial charge >= 0.3 is 12.2 Å². The summed E-state index contributed by atoms with van der Waals surface area (Å²) in [6, 6.07) is 5.12. The van der Waals surface area contributed by atoms with Gasteiger partial charge in [0.25, 0.3) is 5.69 Å². The van der Waals surface area contributed by atoms with Gasteiger partial charge in [0, 0.05) is 38.2 Å². The molecule has 15 nitrogen and oxygen atoms in total. The first-order valence-electron chi connectivity index (χ1n) is 16.0. The van der Waals surface area contributed by atoms with Crippen LogP contribution in [0.4, 0.5) is 15.3 Å². The van der Waals surface area contributed by atoms with Crippen molar-refractivity contribution in [1.82, 2.24) is 24.7 Å². The Morgan fingerprint density at radius 1 is 0.979 bits per heavy atom. The van der Waals surface area contributed by atoms with E-state index in [2.05, 4.69) is 14.9 Å². The van der Waals surface area contributed by atoms with Gasteiger partial charge in [-0.2, -0.15) is 4.98 Å². The summed E-state index contributed by atoms with van der Waals surface area (Å²) < 4.78 is 44.2. The van der Waals surface area contributed by atoms with Crippen LogP contribution in [0.1, 0.15) is 98.2 Å². The van der Waals surface area contributed by atoms with E-state index in [0.29, 0.717) is 38.9 Å². The summed E-state index contributed by atoms with van der Waals surface area (Å²) in [5, 5.41) is 15.1. The molecule has 2 aromatic rings. The number of para-hydroxylation sites is 1. The molecule has 1 aromatic carbocycles. The fourth-order valence-corrected chi connectivity index (χ4v) is 6.30. The minimum absolute atomic E-state index is 0.0519. The average Bonchev–Trinajstić information content (AvgIpc) is 3.43. The molecule has 262 valence electrons. The van der Waals surface area contributed by atoms with Crippen molar-refractivity contribution in [1.29, 1.82) is 0 Å². The molecule has 0 spiro atoms. The van der Waals surface area contributed by atoms with Crippen molar-refractivity contribution in [3.8, 4) is 0 Å². The van der Waals surface area contributed by atoms with Crippen LogP contribution in [-0.2, 0) is 32.5 Å². The van der Waals surface area contributed by atoms with Crippen LogP contribution in [0.2, 0.25) is 0 Å². The fraction of sp³-hybridized carbons (Fsp3) is 0.677. The van der Waals surface area contributed by atoms with Crippen molar-refractivity contribution in [3.05, 3.63) is 46.1 Å². The third-order valence-corrected chi connectivity index (χ3v) is 8.67. The number of aryl methyl sites for hydroxylation is 1. The van der Waals surface area contributed by atoms with Crippen molar-refractivity contribution < 1.29 is 36.9 Å². The van der Waals surface area contributed by atoms with Gasteiger partial charge in [-0.25, -0.2) is 22.7 Å². The maximum absolute atomic E-state index is 13.1. The molecule has 0 atom stereocenters. The zero-order valence-corrected chi connectivity index (χ0v) is 29.0. The standard InChI is InChI=1S/C31H48N6O9S/c1-30(2,3)44-28(38)35(20-13-21-36(23-14-8-7-9-15-23)29(39)45-31(4,5)6)19-12-18-27-33-26(34-46-27)22-32-47(42,43)25-17-11-10-16-24(25)37(40)41/h10-11,16-17,23,32H,7-9,12-15,18-22H2,1-6H3. The van der Waals surface area contributed by atoms with E-state index in [1.807, 2.05) is 25.7 Å². The lowest BCUT2D eigenvalue weighted by molar-refractivity contribution is -0.387. The molecule has 0 saturated heterocycles. The van der Waals surface area contributed by atoms with E-state index >= 15 is 0 Å². The number of nitrogens with one attached hydrogen (secondary N) is 1. The van der Waals surface area contributed by atoms with Crippen LogP contribution in [0.5, 0.6) is 0 Å². The first-order chi connectivity index (χ1) is 21.9. The van der Waals surface area contributed by atoms with E-state index in [9.17, 15) is 28.1 Å². The normalized spacial score (nSPS) is 14.4. The number of nitro benzene ring substituents is 1. The Kier molecular flexibility index (Phi) is 13.1. The van der Waals surface area contributed by atoms with Crippen molar-refractivity contribution in [2.75, 3.05) is 19.6 Å². The van der Waals surface area contributed by atoms with E-state index in [0.717, 1.165) is 44.2 Å². The van der Waals surface area contributed by atoms with Gasteiger partial charge in [-0.3, -0.25) is 10.1 Å². The SMILES string of the molecule is CC(C)(C)OC(=O)N(CCCc1nc(CNS(=O)(=O)c2ccccc2[N+](=O)[O-])no1)CCCN(C(=O)OC(C)(C)C)C1CCCCC1. The Morgan fingerprint density at radius 2 is 1.60 bits per heavy atom. The number of sulfonamides is 1. The minimum Gasteiger partial charge on any atom is -0.444 e. The first kappa shape index (κ1) is 37.7. The second-order valence-corrected chi connectivity index (χ2v) is 15.3. The summed E-state index contributed by atoms with van der Waals surface area (Å²) in [6.45, 7) is 11.7. The van der Waals surface area contributed by atoms with E-state index in [4.69, 9.17) is 14.0 Å². The number of carbonyl (C=O) groups excluding carboxylic acids is 2. The summed E-state index contributed by atoms with van der Waals surface area (Å²) in [5.41, 5.74) is -1.86. The zero-order valence-electron chi connectivity index (χ0n) is 28.2. The quantitative estimate of drug-likeness (QED) is 0.194. The molecule has 1 heterocycles. The Hall–Kier alpha value is -3.79. The molecule has 16 heteroatoms. The van der Waals surface area contributed by atoms with Gasteiger partial charge in [-0.05, 0) is 73.3 Å². The highest BCUT2D eigenvalue weighted by Crippen LogP contribution is 2.25. The third kappa shape index (κ3) is 12.4. The van der Waals surface area contributed by atoms with Crippen molar-refractivity contribution in [2.24, 2.45) is 0 Å². The molecule has 3 rings (SSSR count). The highest BCUT2D eigenvalue weighted by molar-refractivity contribution is 7.89. The van der Waals surface area contributed by atoms with Crippen molar-refractivity contribution >= 4 is 27.9 Å². The van der Waals surface area contributed by atoms with Gasteiger partial charge in [-0.15, -0.1) is 0 Å². The summed E-state index contributed by atoms with van der Waals surface area (Å²) in [4.78, 5) is 43.9. The molecule has 1 aliphatic rings. The molecule has 0 bridgehead atoms. The van der Waals surface area contributed by atoms with Gasteiger partial charge in [0.05, 0.1) is 11.5 Å². The molecule has 47 heavy (non-hydrogen) atoms. The topological polar surface area (TPSA) is 187 Å². The Labute approximate surface area is 276 Å². The maximum Gasteiger partial charge on any atom is 0.410 e. The lowest BCUT2D eigenvalue weighted by Crippen LogP contribution is -2.46. The summed E-state index contributed by atoms with van der Waals surface area (Å²) in [7, 11) is -4.22. The molecule has 1 N–H and O–H groups in total. The number of hydrogen-bond donors (Lipinski definition) is 1. The molecule has 1 aliphatic carbocycles. The van der Waals surface area contributed by atoms with Crippen molar-refractivity contribution in [3.63, 3.8) is 0 Å². The molecule has 0 radical (unpaired) electrons. The fourth-order valence-electron chi connectivity index (χ4n) is 5.15. The van der Waals surface area contributed by atoms with Crippen LogP contribution in [0.25, 0.3) is 0 Å². The Bertz CT molecular complexity index is 1460. The van der Waals surface area contributed by atoms with Gasteiger partial charge in [0.15, 0.2) is 10.7 Å². The highest BCUT2D eigenvalue weighted by atomic mass is 32.2. The van der Waals surface area contributed by atoms with E-state index in [1.165, 1.54) is 12.1 Å². The number of aromatic nitrogens is 2. The monoisotopic (exact) mass is 680 g/mol. The molecular formula is C31H48N6O9S.